The lowest BCUT2D eigenvalue weighted by atomic mass is 10.0. The topological polar surface area (TPSA) is 87.1 Å². The highest BCUT2D eigenvalue weighted by molar-refractivity contribution is 5.85. The van der Waals surface area contributed by atoms with Gasteiger partial charge in [0.2, 0.25) is 5.88 Å². The van der Waals surface area contributed by atoms with Gasteiger partial charge in [-0.2, -0.15) is 0 Å². The van der Waals surface area contributed by atoms with Crippen LogP contribution in [0.5, 0.6) is 5.75 Å². The SMILES string of the molecule is COc1cccc(-c2c(-c3ncccn3)noc2N)c1. The fraction of sp³-hybridized carbons (Fsp3) is 0.0714. The molecule has 0 saturated heterocycles. The van der Waals surface area contributed by atoms with E-state index in [0.29, 0.717) is 17.1 Å². The molecule has 20 heavy (non-hydrogen) atoms. The number of anilines is 1. The summed E-state index contributed by atoms with van der Waals surface area (Å²) in [5.74, 6) is 1.41. The zero-order valence-electron chi connectivity index (χ0n) is 10.8. The van der Waals surface area contributed by atoms with Crippen LogP contribution in [0.4, 0.5) is 5.88 Å². The number of benzene rings is 1. The number of ether oxygens (including phenoxy) is 1. The van der Waals surface area contributed by atoms with Gasteiger partial charge in [0.15, 0.2) is 11.5 Å². The van der Waals surface area contributed by atoms with Gasteiger partial charge in [0.25, 0.3) is 0 Å². The standard InChI is InChI=1S/C14H12N4O2/c1-19-10-5-2-4-9(8-10)11-12(18-20-13(11)15)14-16-6-3-7-17-14/h2-8H,15H2,1H3. The second-order valence-corrected chi connectivity index (χ2v) is 4.07. The molecule has 3 aromatic rings. The van der Waals surface area contributed by atoms with Crippen LogP contribution in [-0.2, 0) is 0 Å². The Hall–Kier alpha value is -2.89. The lowest BCUT2D eigenvalue weighted by Gasteiger charge is -2.04. The Kier molecular flexibility index (Phi) is 3.04. The molecular formula is C14H12N4O2. The average Bonchev–Trinajstić information content (AvgIpc) is 2.90. The van der Waals surface area contributed by atoms with E-state index in [1.807, 2.05) is 24.3 Å². The molecule has 0 bridgehead atoms. The molecule has 0 fully saturated rings. The molecule has 2 aromatic heterocycles. The first-order chi connectivity index (χ1) is 9.79. The van der Waals surface area contributed by atoms with Gasteiger partial charge in [-0.05, 0) is 23.8 Å². The van der Waals surface area contributed by atoms with E-state index in [1.54, 1.807) is 25.6 Å². The molecule has 0 aliphatic carbocycles. The third-order valence-electron chi connectivity index (χ3n) is 2.85. The van der Waals surface area contributed by atoms with Crippen molar-refractivity contribution in [3.8, 4) is 28.4 Å². The summed E-state index contributed by atoms with van der Waals surface area (Å²) in [7, 11) is 1.61. The van der Waals surface area contributed by atoms with E-state index in [4.69, 9.17) is 15.0 Å². The largest absolute Gasteiger partial charge is 0.497 e. The molecule has 0 saturated carbocycles. The van der Waals surface area contributed by atoms with Gasteiger partial charge in [0, 0.05) is 12.4 Å². The van der Waals surface area contributed by atoms with Crippen LogP contribution in [0, 0.1) is 0 Å². The summed E-state index contributed by atoms with van der Waals surface area (Å²) in [4.78, 5) is 8.34. The van der Waals surface area contributed by atoms with E-state index < -0.39 is 0 Å². The molecule has 2 heterocycles. The van der Waals surface area contributed by atoms with E-state index in [1.165, 1.54) is 0 Å². The van der Waals surface area contributed by atoms with Crippen LogP contribution in [0.25, 0.3) is 22.6 Å². The van der Waals surface area contributed by atoms with Crippen molar-refractivity contribution in [1.82, 2.24) is 15.1 Å². The lowest BCUT2D eigenvalue weighted by Crippen LogP contribution is -1.92. The van der Waals surface area contributed by atoms with Crippen molar-refractivity contribution < 1.29 is 9.26 Å². The third-order valence-corrected chi connectivity index (χ3v) is 2.85. The predicted molar refractivity (Wildman–Crippen MR) is 73.9 cm³/mol. The summed E-state index contributed by atoms with van der Waals surface area (Å²) >= 11 is 0. The molecule has 0 unspecified atom stereocenters. The minimum Gasteiger partial charge on any atom is -0.497 e. The summed E-state index contributed by atoms with van der Waals surface area (Å²) in [6.07, 6.45) is 3.28. The Morgan fingerprint density at radius 2 is 1.95 bits per heavy atom. The normalized spacial score (nSPS) is 10.4. The Bertz CT molecular complexity index is 725. The summed E-state index contributed by atoms with van der Waals surface area (Å²) < 4.78 is 10.3. The fourth-order valence-corrected chi connectivity index (χ4v) is 1.93. The first-order valence-electron chi connectivity index (χ1n) is 5.96. The van der Waals surface area contributed by atoms with Gasteiger partial charge in [-0.25, -0.2) is 9.97 Å². The Labute approximate surface area is 115 Å². The highest BCUT2D eigenvalue weighted by Gasteiger charge is 2.19. The van der Waals surface area contributed by atoms with Crippen LogP contribution in [-0.4, -0.2) is 22.2 Å². The van der Waals surface area contributed by atoms with E-state index in [-0.39, 0.29) is 5.88 Å². The van der Waals surface area contributed by atoms with E-state index in [9.17, 15) is 0 Å². The van der Waals surface area contributed by atoms with Crippen molar-refractivity contribution in [1.29, 1.82) is 0 Å². The molecule has 6 heteroatoms. The Morgan fingerprint density at radius 1 is 1.15 bits per heavy atom. The number of aromatic nitrogens is 3. The number of nitrogens with two attached hydrogens (primary N) is 1. The van der Waals surface area contributed by atoms with Gasteiger partial charge in [-0.15, -0.1) is 0 Å². The van der Waals surface area contributed by atoms with Crippen LogP contribution in [0.3, 0.4) is 0 Å². The molecular weight excluding hydrogens is 256 g/mol. The van der Waals surface area contributed by atoms with Crippen molar-refractivity contribution in [2.75, 3.05) is 12.8 Å². The quantitative estimate of drug-likeness (QED) is 0.784. The van der Waals surface area contributed by atoms with Gasteiger partial charge in [-0.1, -0.05) is 17.3 Å². The van der Waals surface area contributed by atoms with Crippen LogP contribution < -0.4 is 10.5 Å². The minimum absolute atomic E-state index is 0.223. The third kappa shape index (κ3) is 2.07. The number of nitrogen functional groups attached to an aromatic ring is 1. The minimum atomic E-state index is 0.223. The molecule has 6 nitrogen and oxygen atoms in total. The van der Waals surface area contributed by atoms with Gasteiger partial charge >= 0.3 is 0 Å². The predicted octanol–water partition coefficient (Wildman–Crippen LogP) is 2.39. The molecule has 2 N–H and O–H groups in total. The molecule has 1 aromatic carbocycles. The number of hydrogen-bond acceptors (Lipinski definition) is 6. The highest BCUT2D eigenvalue weighted by atomic mass is 16.5. The molecule has 0 aliphatic rings. The first-order valence-corrected chi connectivity index (χ1v) is 5.96. The molecule has 0 atom stereocenters. The van der Waals surface area contributed by atoms with Gasteiger partial charge in [-0.3, -0.25) is 0 Å². The van der Waals surface area contributed by atoms with Crippen LogP contribution in [0.1, 0.15) is 0 Å². The fourth-order valence-electron chi connectivity index (χ4n) is 1.93. The smallest absolute Gasteiger partial charge is 0.230 e. The maximum atomic E-state index is 5.88. The average molecular weight is 268 g/mol. The Balaban J connectivity index is 2.16. The van der Waals surface area contributed by atoms with Crippen LogP contribution in [0.2, 0.25) is 0 Å². The van der Waals surface area contributed by atoms with Crippen molar-refractivity contribution in [2.24, 2.45) is 0 Å². The summed E-state index contributed by atoms with van der Waals surface area (Å²) in [6.45, 7) is 0. The summed E-state index contributed by atoms with van der Waals surface area (Å²) in [5.41, 5.74) is 7.89. The maximum absolute atomic E-state index is 5.88. The van der Waals surface area contributed by atoms with Crippen molar-refractivity contribution in [3.63, 3.8) is 0 Å². The number of hydrogen-bond donors (Lipinski definition) is 1. The van der Waals surface area contributed by atoms with Crippen molar-refractivity contribution >= 4 is 5.88 Å². The monoisotopic (exact) mass is 268 g/mol. The van der Waals surface area contributed by atoms with Gasteiger partial charge < -0.3 is 15.0 Å². The molecule has 0 amide bonds. The second-order valence-electron chi connectivity index (χ2n) is 4.07. The Morgan fingerprint density at radius 3 is 2.70 bits per heavy atom. The number of nitrogens with zero attached hydrogens (tertiary/aromatic N) is 3. The van der Waals surface area contributed by atoms with E-state index in [2.05, 4.69) is 15.1 Å². The summed E-state index contributed by atoms with van der Waals surface area (Å²) in [5, 5.41) is 3.95. The molecule has 3 rings (SSSR count). The number of methoxy groups -OCH3 is 1. The molecule has 0 aliphatic heterocycles. The maximum Gasteiger partial charge on any atom is 0.230 e. The summed E-state index contributed by atoms with van der Waals surface area (Å²) in [6, 6.07) is 9.22. The van der Waals surface area contributed by atoms with Crippen molar-refractivity contribution in [2.45, 2.75) is 0 Å². The number of rotatable bonds is 3. The lowest BCUT2D eigenvalue weighted by molar-refractivity contribution is 0.415. The molecule has 100 valence electrons. The second kappa shape index (κ2) is 5.00. The molecule has 0 radical (unpaired) electrons. The first kappa shape index (κ1) is 12.2. The zero-order valence-corrected chi connectivity index (χ0v) is 10.8. The van der Waals surface area contributed by atoms with Crippen LogP contribution >= 0.6 is 0 Å². The van der Waals surface area contributed by atoms with E-state index >= 15 is 0 Å². The molecule has 0 spiro atoms. The van der Waals surface area contributed by atoms with Gasteiger partial charge in [0.1, 0.15) is 5.75 Å². The van der Waals surface area contributed by atoms with Crippen LogP contribution in [0.15, 0.2) is 47.2 Å². The van der Waals surface area contributed by atoms with Gasteiger partial charge in [0.05, 0.1) is 12.7 Å². The highest BCUT2D eigenvalue weighted by Crippen LogP contribution is 2.35. The zero-order chi connectivity index (χ0) is 13.9. The van der Waals surface area contributed by atoms with Crippen molar-refractivity contribution in [3.05, 3.63) is 42.7 Å². The van der Waals surface area contributed by atoms with E-state index in [0.717, 1.165) is 11.3 Å².